The summed E-state index contributed by atoms with van der Waals surface area (Å²) in [4.78, 5) is 19.5. The maximum Gasteiger partial charge on any atom is 0.253 e. The quantitative estimate of drug-likeness (QED) is 0.851. The molecule has 19 heavy (non-hydrogen) atoms. The molecule has 4 nitrogen and oxygen atoms in total. The first-order valence-electron chi connectivity index (χ1n) is 6.42. The van der Waals surface area contributed by atoms with E-state index >= 15 is 0 Å². The van der Waals surface area contributed by atoms with E-state index in [4.69, 9.17) is 4.84 Å². The molecule has 3 rings (SSSR count). The Labute approximate surface area is 120 Å². The fraction of sp³-hybridized carbons (Fsp3) is 0.357. The Balaban J connectivity index is 1.73. The van der Waals surface area contributed by atoms with E-state index in [1.54, 1.807) is 0 Å². The number of hydrogen-bond acceptors (Lipinski definition) is 3. The summed E-state index contributed by atoms with van der Waals surface area (Å²) in [7, 11) is 0. The number of benzene rings is 1. The standard InChI is InChI=1S/C14H15BrN2O2/c15-13-9-12(19-16-13)10-3-5-11(6-4-10)14(18)17-7-1-2-8-17/h3-6,9,12,16H,1-2,7-8H2/t12-/m1/s1. The fourth-order valence-electron chi connectivity index (χ4n) is 2.40. The summed E-state index contributed by atoms with van der Waals surface area (Å²) in [5.41, 5.74) is 4.53. The summed E-state index contributed by atoms with van der Waals surface area (Å²) in [5, 5.41) is 0. The highest BCUT2D eigenvalue weighted by molar-refractivity contribution is 9.11. The SMILES string of the molecule is O=C(c1ccc([C@H]2C=C(Br)NO2)cc1)N1CCCC1. The van der Waals surface area contributed by atoms with Crippen molar-refractivity contribution >= 4 is 21.8 Å². The second-order valence-corrected chi connectivity index (χ2v) is 5.63. The molecular formula is C14H15BrN2O2. The van der Waals surface area contributed by atoms with Gasteiger partial charge in [0.25, 0.3) is 5.91 Å². The minimum atomic E-state index is -0.106. The van der Waals surface area contributed by atoms with Crippen LogP contribution >= 0.6 is 15.9 Å². The average molecular weight is 323 g/mol. The van der Waals surface area contributed by atoms with E-state index in [-0.39, 0.29) is 12.0 Å². The van der Waals surface area contributed by atoms with Gasteiger partial charge in [0, 0.05) is 18.7 Å². The zero-order valence-corrected chi connectivity index (χ0v) is 12.0. The Morgan fingerprint density at radius 2 is 1.95 bits per heavy atom. The van der Waals surface area contributed by atoms with Crippen LogP contribution in [0.4, 0.5) is 0 Å². The predicted octanol–water partition coefficient (Wildman–Crippen LogP) is 2.73. The molecule has 0 unspecified atom stereocenters. The summed E-state index contributed by atoms with van der Waals surface area (Å²) in [6.45, 7) is 1.76. The molecule has 0 spiro atoms. The number of rotatable bonds is 2. The molecule has 100 valence electrons. The molecule has 1 fully saturated rings. The van der Waals surface area contributed by atoms with E-state index in [1.807, 2.05) is 35.2 Å². The minimum Gasteiger partial charge on any atom is -0.339 e. The van der Waals surface area contributed by atoms with E-state index in [1.165, 1.54) is 0 Å². The molecule has 1 aromatic carbocycles. The zero-order chi connectivity index (χ0) is 13.2. The molecule has 0 radical (unpaired) electrons. The molecule has 2 heterocycles. The van der Waals surface area contributed by atoms with Crippen LogP contribution in [0.3, 0.4) is 0 Å². The van der Waals surface area contributed by atoms with Crippen molar-refractivity contribution < 1.29 is 9.63 Å². The zero-order valence-electron chi connectivity index (χ0n) is 10.4. The second kappa shape index (κ2) is 5.35. The normalized spacial score (nSPS) is 22.3. The molecule has 1 amide bonds. The van der Waals surface area contributed by atoms with Gasteiger partial charge in [-0.2, -0.15) is 0 Å². The van der Waals surface area contributed by atoms with Gasteiger partial charge in [0.05, 0.1) is 0 Å². The van der Waals surface area contributed by atoms with E-state index < -0.39 is 0 Å². The number of likely N-dealkylation sites (tertiary alicyclic amines) is 1. The largest absolute Gasteiger partial charge is 0.339 e. The highest BCUT2D eigenvalue weighted by Gasteiger charge is 2.21. The number of nitrogens with one attached hydrogen (secondary N) is 1. The van der Waals surface area contributed by atoms with Gasteiger partial charge in [-0.3, -0.25) is 15.1 Å². The molecule has 1 N–H and O–H groups in total. The molecule has 0 aliphatic carbocycles. The summed E-state index contributed by atoms with van der Waals surface area (Å²) in [6.07, 6.45) is 4.07. The van der Waals surface area contributed by atoms with Crippen LogP contribution < -0.4 is 5.48 Å². The van der Waals surface area contributed by atoms with Crippen molar-refractivity contribution in [2.45, 2.75) is 18.9 Å². The van der Waals surface area contributed by atoms with Crippen LogP contribution in [0.1, 0.15) is 34.9 Å². The van der Waals surface area contributed by atoms with Gasteiger partial charge in [0.1, 0.15) is 10.7 Å². The van der Waals surface area contributed by atoms with Crippen LogP contribution in [0, 0.1) is 0 Å². The number of hydroxylamine groups is 1. The lowest BCUT2D eigenvalue weighted by Gasteiger charge is -2.15. The average Bonchev–Trinajstić information content (AvgIpc) is 3.09. The number of nitrogens with zero attached hydrogens (tertiary/aromatic N) is 1. The molecule has 2 aliphatic rings. The Morgan fingerprint density at radius 1 is 1.26 bits per heavy atom. The van der Waals surface area contributed by atoms with Crippen molar-refractivity contribution in [2.75, 3.05) is 13.1 Å². The van der Waals surface area contributed by atoms with Crippen molar-refractivity contribution in [3.8, 4) is 0 Å². The molecule has 0 saturated carbocycles. The Hall–Kier alpha value is -1.33. The first-order valence-corrected chi connectivity index (χ1v) is 7.21. The van der Waals surface area contributed by atoms with Gasteiger partial charge in [-0.05, 0) is 52.5 Å². The highest BCUT2D eigenvalue weighted by atomic mass is 79.9. The minimum absolute atomic E-state index is 0.106. The number of amides is 1. The Morgan fingerprint density at radius 3 is 2.53 bits per heavy atom. The molecule has 0 aromatic heterocycles. The van der Waals surface area contributed by atoms with Gasteiger partial charge in [-0.1, -0.05) is 12.1 Å². The van der Waals surface area contributed by atoms with E-state index in [9.17, 15) is 4.79 Å². The van der Waals surface area contributed by atoms with Crippen molar-refractivity contribution in [1.82, 2.24) is 10.4 Å². The lowest BCUT2D eigenvalue weighted by Crippen LogP contribution is -2.27. The third-order valence-electron chi connectivity index (χ3n) is 3.46. The maximum atomic E-state index is 12.2. The van der Waals surface area contributed by atoms with Gasteiger partial charge in [0.2, 0.25) is 0 Å². The molecule has 1 aromatic rings. The topological polar surface area (TPSA) is 41.6 Å². The third-order valence-corrected chi connectivity index (χ3v) is 3.89. The van der Waals surface area contributed by atoms with Gasteiger partial charge in [-0.25, -0.2) is 0 Å². The third kappa shape index (κ3) is 2.67. The van der Waals surface area contributed by atoms with Crippen molar-refractivity contribution in [3.05, 3.63) is 46.1 Å². The van der Waals surface area contributed by atoms with E-state index in [0.717, 1.165) is 41.7 Å². The summed E-state index contributed by atoms with van der Waals surface area (Å²) in [6, 6.07) is 7.63. The summed E-state index contributed by atoms with van der Waals surface area (Å²) in [5.74, 6) is 0.131. The molecule has 1 atom stereocenters. The molecule has 0 bridgehead atoms. The molecule has 5 heteroatoms. The van der Waals surface area contributed by atoms with Gasteiger partial charge >= 0.3 is 0 Å². The lowest BCUT2D eigenvalue weighted by atomic mass is 10.1. The van der Waals surface area contributed by atoms with Gasteiger partial charge in [0.15, 0.2) is 0 Å². The van der Waals surface area contributed by atoms with E-state index in [2.05, 4.69) is 21.4 Å². The van der Waals surface area contributed by atoms with Crippen LogP contribution in [-0.4, -0.2) is 23.9 Å². The Bertz CT molecular complexity index is 507. The predicted molar refractivity (Wildman–Crippen MR) is 75.6 cm³/mol. The van der Waals surface area contributed by atoms with Gasteiger partial charge < -0.3 is 4.90 Å². The summed E-state index contributed by atoms with van der Waals surface area (Å²) >= 11 is 3.32. The number of halogens is 1. The Kier molecular flexibility index (Phi) is 3.57. The number of carbonyl (C=O) groups excluding carboxylic acids is 1. The second-order valence-electron chi connectivity index (χ2n) is 4.78. The molecular weight excluding hydrogens is 308 g/mol. The number of carbonyl (C=O) groups is 1. The molecule has 1 saturated heterocycles. The first-order chi connectivity index (χ1) is 9.24. The van der Waals surface area contributed by atoms with Crippen molar-refractivity contribution in [3.63, 3.8) is 0 Å². The van der Waals surface area contributed by atoms with Crippen LogP contribution in [0.15, 0.2) is 34.9 Å². The van der Waals surface area contributed by atoms with Crippen LogP contribution in [0.2, 0.25) is 0 Å². The first kappa shape index (κ1) is 12.7. The monoisotopic (exact) mass is 322 g/mol. The summed E-state index contributed by atoms with van der Waals surface area (Å²) < 4.78 is 0.828. The fourth-order valence-corrected chi connectivity index (χ4v) is 2.74. The lowest BCUT2D eigenvalue weighted by molar-refractivity contribution is 0.0457. The van der Waals surface area contributed by atoms with Crippen molar-refractivity contribution in [1.29, 1.82) is 0 Å². The van der Waals surface area contributed by atoms with Crippen molar-refractivity contribution in [2.24, 2.45) is 0 Å². The maximum absolute atomic E-state index is 12.2. The van der Waals surface area contributed by atoms with E-state index in [0.29, 0.717) is 0 Å². The van der Waals surface area contributed by atoms with Gasteiger partial charge in [-0.15, -0.1) is 0 Å². The molecule has 2 aliphatic heterocycles. The van der Waals surface area contributed by atoms with Crippen LogP contribution in [-0.2, 0) is 4.84 Å². The van der Waals surface area contributed by atoms with Crippen LogP contribution in [0.25, 0.3) is 0 Å². The smallest absolute Gasteiger partial charge is 0.253 e. The highest BCUT2D eigenvalue weighted by Crippen LogP contribution is 2.26. The number of hydrogen-bond donors (Lipinski definition) is 1. The van der Waals surface area contributed by atoms with Crippen LogP contribution in [0.5, 0.6) is 0 Å².